The topological polar surface area (TPSA) is 21.3 Å². The maximum Gasteiger partial charge on any atom is 0.119 e. The van der Waals surface area contributed by atoms with E-state index in [4.69, 9.17) is 4.74 Å². The SMILES string of the molecule is CCOc1cccc(CCCCNC(C)C)c1. The number of benzene rings is 1. The van der Waals surface area contributed by atoms with E-state index in [1.807, 2.05) is 13.0 Å². The van der Waals surface area contributed by atoms with Crippen molar-refractivity contribution in [2.45, 2.75) is 46.1 Å². The van der Waals surface area contributed by atoms with E-state index in [1.54, 1.807) is 0 Å². The number of rotatable bonds is 8. The largest absolute Gasteiger partial charge is 0.494 e. The Hall–Kier alpha value is -1.02. The van der Waals surface area contributed by atoms with Crippen LogP contribution in [0.3, 0.4) is 0 Å². The van der Waals surface area contributed by atoms with Gasteiger partial charge in [0.15, 0.2) is 0 Å². The first-order valence-corrected chi connectivity index (χ1v) is 6.67. The lowest BCUT2D eigenvalue weighted by atomic mass is 10.1. The van der Waals surface area contributed by atoms with Crippen molar-refractivity contribution in [2.24, 2.45) is 0 Å². The number of hydrogen-bond acceptors (Lipinski definition) is 2. The molecule has 0 fully saturated rings. The summed E-state index contributed by atoms with van der Waals surface area (Å²) in [6.07, 6.45) is 3.60. The van der Waals surface area contributed by atoms with Crippen LogP contribution in [0.15, 0.2) is 24.3 Å². The molecular weight excluding hydrogens is 210 g/mol. The van der Waals surface area contributed by atoms with Crippen molar-refractivity contribution in [2.75, 3.05) is 13.2 Å². The Labute approximate surface area is 105 Å². The summed E-state index contributed by atoms with van der Waals surface area (Å²) in [4.78, 5) is 0. The van der Waals surface area contributed by atoms with E-state index in [0.29, 0.717) is 6.04 Å². The maximum atomic E-state index is 5.49. The van der Waals surface area contributed by atoms with E-state index in [-0.39, 0.29) is 0 Å². The van der Waals surface area contributed by atoms with Gasteiger partial charge in [-0.25, -0.2) is 0 Å². The Bertz CT molecular complexity index is 310. The normalized spacial score (nSPS) is 10.8. The van der Waals surface area contributed by atoms with E-state index in [1.165, 1.54) is 18.4 Å². The molecule has 0 unspecified atom stereocenters. The third-order valence-corrected chi connectivity index (χ3v) is 2.65. The molecule has 2 nitrogen and oxygen atoms in total. The third-order valence-electron chi connectivity index (χ3n) is 2.65. The number of aryl methyl sites for hydroxylation is 1. The summed E-state index contributed by atoms with van der Waals surface area (Å²) in [5.41, 5.74) is 1.38. The van der Waals surface area contributed by atoms with Gasteiger partial charge in [-0.15, -0.1) is 0 Å². The molecule has 0 bridgehead atoms. The summed E-state index contributed by atoms with van der Waals surface area (Å²) in [6, 6.07) is 9.02. The Morgan fingerprint density at radius 2 is 2.06 bits per heavy atom. The van der Waals surface area contributed by atoms with Crippen LogP contribution < -0.4 is 10.1 Å². The standard InChI is InChI=1S/C15H25NO/c1-4-17-15-10-7-9-14(12-15)8-5-6-11-16-13(2)3/h7,9-10,12-13,16H,4-6,8,11H2,1-3H3. The fourth-order valence-corrected chi connectivity index (χ4v) is 1.80. The summed E-state index contributed by atoms with van der Waals surface area (Å²) in [7, 11) is 0. The van der Waals surface area contributed by atoms with Crippen molar-refractivity contribution in [3.8, 4) is 5.75 Å². The smallest absolute Gasteiger partial charge is 0.119 e. The lowest BCUT2D eigenvalue weighted by Crippen LogP contribution is -2.23. The molecule has 0 aliphatic heterocycles. The zero-order valence-electron chi connectivity index (χ0n) is 11.3. The summed E-state index contributed by atoms with van der Waals surface area (Å²) in [5.74, 6) is 0.991. The first-order chi connectivity index (χ1) is 8.22. The Balaban J connectivity index is 2.24. The van der Waals surface area contributed by atoms with E-state index < -0.39 is 0 Å². The number of hydrogen-bond donors (Lipinski definition) is 1. The molecule has 0 spiro atoms. The van der Waals surface area contributed by atoms with E-state index in [9.17, 15) is 0 Å². The van der Waals surface area contributed by atoms with Crippen molar-refractivity contribution in [1.29, 1.82) is 0 Å². The molecule has 0 amide bonds. The average Bonchev–Trinajstić information content (AvgIpc) is 2.29. The van der Waals surface area contributed by atoms with Crippen molar-refractivity contribution in [3.05, 3.63) is 29.8 Å². The minimum Gasteiger partial charge on any atom is -0.494 e. The molecule has 1 aromatic carbocycles. The second-order valence-electron chi connectivity index (χ2n) is 4.65. The van der Waals surface area contributed by atoms with Gasteiger partial charge in [-0.2, -0.15) is 0 Å². The summed E-state index contributed by atoms with van der Waals surface area (Å²) in [5, 5.41) is 3.44. The van der Waals surface area contributed by atoms with Crippen LogP contribution in [0.1, 0.15) is 39.2 Å². The van der Waals surface area contributed by atoms with Gasteiger partial charge in [0.1, 0.15) is 5.75 Å². The van der Waals surface area contributed by atoms with E-state index in [0.717, 1.165) is 25.3 Å². The zero-order chi connectivity index (χ0) is 12.5. The highest BCUT2D eigenvalue weighted by Crippen LogP contribution is 2.14. The predicted molar refractivity (Wildman–Crippen MR) is 73.7 cm³/mol. The minimum atomic E-state index is 0.594. The maximum absolute atomic E-state index is 5.49. The molecule has 1 rings (SSSR count). The molecule has 96 valence electrons. The molecule has 0 radical (unpaired) electrons. The second kappa shape index (κ2) is 8.13. The Morgan fingerprint density at radius 1 is 1.24 bits per heavy atom. The average molecular weight is 235 g/mol. The van der Waals surface area contributed by atoms with Crippen LogP contribution in [-0.4, -0.2) is 19.2 Å². The molecule has 0 aliphatic rings. The lowest BCUT2D eigenvalue weighted by Gasteiger charge is -2.08. The fraction of sp³-hybridized carbons (Fsp3) is 0.600. The van der Waals surface area contributed by atoms with Gasteiger partial charge in [-0.1, -0.05) is 26.0 Å². The molecule has 0 heterocycles. The van der Waals surface area contributed by atoms with Crippen LogP contribution in [-0.2, 0) is 6.42 Å². The quantitative estimate of drug-likeness (QED) is 0.697. The van der Waals surface area contributed by atoms with Crippen molar-refractivity contribution in [3.63, 3.8) is 0 Å². The predicted octanol–water partition coefficient (Wildman–Crippen LogP) is 3.41. The molecule has 0 saturated heterocycles. The van der Waals surface area contributed by atoms with Gasteiger partial charge >= 0.3 is 0 Å². The van der Waals surface area contributed by atoms with Gasteiger partial charge < -0.3 is 10.1 Å². The molecule has 0 aliphatic carbocycles. The van der Waals surface area contributed by atoms with Crippen LogP contribution in [0.5, 0.6) is 5.75 Å². The van der Waals surface area contributed by atoms with Gasteiger partial charge in [-0.3, -0.25) is 0 Å². The van der Waals surface area contributed by atoms with Gasteiger partial charge in [0.05, 0.1) is 6.61 Å². The highest BCUT2D eigenvalue weighted by atomic mass is 16.5. The molecule has 1 aromatic rings. The molecule has 0 aromatic heterocycles. The van der Waals surface area contributed by atoms with Gasteiger partial charge in [0.25, 0.3) is 0 Å². The van der Waals surface area contributed by atoms with Crippen molar-refractivity contribution < 1.29 is 4.74 Å². The van der Waals surface area contributed by atoms with Gasteiger partial charge in [-0.05, 0) is 50.4 Å². The molecule has 0 saturated carbocycles. The molecule has 1 N–H and O–H groups in total. The molecule has 2 heteroatoms. The number of unbranched alkanes of at least 4 members (excludes halogenated alkanes) is 1. The Kier molecular flexibility index (Phi) is 6.71. The summed E-state index contributed by atoms with van der Waals surface area (Å²) >= 11 is 0. The van der Waals surface area contributed by atoms with Crippen LogP contribution in [0.4, 0.5) is 0 Å². The summed E-state index contributed by atoms with van der Waals surface area (Å²) in [6.45, 7) is 8.24. The van der Waals surface area contributed by atoms with E-state index in [2.05, 4.69) is 37.4 Å². The van der Waals surface area contributed by atoms with Crippen LogP contribution in [0, 0.1) is 0 Å². The minimum absolute atomic E-state index is 0.594. The number of nitrogens with one attached hydrogen (secondary N) is 1. The fourth-order valence-electron chi connectivity index (χ4n) is 1.80. The highest BCUT2D eigenvalue weighted by Gasteiger charge is 1.97. The highest BCUT2D eigenvalue weighted by molar-refractivity contribution is 5.28. The molecule has 0 atom stereocenters. The Morgan fingerprint density at radius 3 is 2.76 bits per heavy atom. The van der Waals surface area contributed by atoms with Crippen molar-refractivity contribution >= 4 is 0 Å². The van der Waals surface area contributed by atoms with Crippen molar-refractivity contribution in [1.82, 2.24) is 5.32 Å². The van der Waals surface area contributed by atoms with Gasteiger partial charge in [0.2, 0.25) is 0 Å². The van der Waals surface area contributed by atoms with E-state index >= 15 is 0 Å². The van der Waals surface area contributed by atoms with Crippen LogP contribution in [0.25, 0.3) is 0 Å². The zero-order valence-corrected chi connectivity index (χ0v) is 11.3. The monoisotopic (exact) mass is 235 g/mol. The van der Waals surface area contributed by atoms with Gasteiger partial charge in [0, 0.05) is 6.04 Å². The molecule has 17 heavy (non-hydrogen) atoms. The number of ether oxygens (including phenoxy) is 1. The first kappa shape index (κ1) is 14.0. The third kappa shape index (κ3) is 6.32. The molecular formula is C15H25NO. The summed E-state index contributed by atoms with van der Waals surface area (Å²) < 4.78 is 5.49. The van der Waals surface area contributed by atoms with Crippen LogP contribution in [0.2, 0.25) is 0 Å². The van der Waals surface area contributed by atoms with Crippen LogP contribution >= 0.6 is 0 Å². The first-order valence-electron chi connectivity index (χ1n) is 6.67. The lowest BCUT2D eigenvalue weighted by molar-refractivity contribution is 0.340. The second-order valence-corrected chi connectivity index (χ2v) is 4.65.